The number of rotatable bonds is 6. The third-order valence-corrected chi connectivity index (χ3v) is 8.42. The van der Waals surface area contributed by atoms with Crippen LogP contribution in [0.3, 0.4) is 0 Å². The fourth-order valence-corrected chi connectivity index (χ4v) is 5.99. The Labute approximate surface area is 247 Å². The molecule has 0 radical (unpaired) electrons. The summed E-state index contributed by atoms with van der Waals surface area (Å²) in [6, 6.07) is 31.6. The van der Waals surface area contributed by atoms with Gasteiger partial charge in [0.1, 0.15) is 5.75 Å². The smallest absolute Gasteiger partial charge is 0.254 e. The largest absolute Gasteiger partial charge is 0.497 e. The van der Waals surface area contributed by atoms with Crippen molar-refractivity contribution in [2.75, 3.05) is 46.4 Å². The molecule has 0 spiro atoms. The minimum Gasteiger partial charge on any atom is -0.497 e. The predicted molar refractivity (Wildman–Crippen MR) is 165 cm³/mol. The van der Waals surface area contributed by atoms with E-state index in [-0.39, 0.29) is 11.8 Å². The zero-order valence-electron chi connectivity index (χ0n) is 24.0. The quantitative estimate of drug-likeness (QED) is 0.312. The van der Waals surface area contributed by atoms with Crippen LogP contribution in [0.15, 0.2) is 97.1 Å². The molecule has 7 heteroatoms. The highest BCUT2D eigenvalue weighted by molar-refractivity contribution is 5.96. The summed E-state index contributed by atoms with van der Waals surface area (Å²) in [6.45, 7) is 4.55. The van der Waals surface area contributed by atoms with Gasteiger partial charge in [-0.05, 0) is 49.2 Å². The SMILES string of the molecule is COc1ccc(C(=O)N2CCC(N3CCN(C(=O)c4cc(-c5ccccc5)nc(-c5ccccc5)c4)CC3)CC2)cc1. The molecular formula is C35H36N4O3. The van der Waals surface area contributed by atoms with Crippen molar-refractivity contribution in [3.05, 3.63) is 108 Å². The number of aromatic nitrogens is 1. The minimum atomic E-state index is 0.0475. The van der Waals surface area contributed by atoms with Crippen molar-refractivity contribution in [1.29, 1.82) is 0 Å². The van der Waals surface area contributed by atoms with E-state index in [1.54, 1.807) is 7.11 Å². The summed E-state index contributed by atoms with van der Waals surface area (Å²) in [6.07, 6.45) is 1.89. The Bertz CT molecular complexity index is 1450. The summed E-state index contributed by atoms with van der Waals surface area (Å²) < 4.78 is 5.21. The second-order valence-electron chi connectivity index (χ2n) is 10.9. The third kappa shape index (κ3) is 6.06. The lowest BCUT2D eigenvalue weighted by molar-refractivity contribution is 0.0412. The van der Waals surface area contributed by atoms with Gasteiger partial charge in [-0.2, -0.15) is 0 Å². The zero-order valence-corrected chi connectivity index (χ0v) is 24.0. The number of hydrogen-bond donors (Lipinski definition) is 0. The average molecular weight is 561 g/mol. The van der Waals surface area contributed by atoms with Crippen LogP contribution in [0.1, 0.15) is 33.6 Å². The van der Waals surface area contributed by atoms with E-state index >= 15 is 0 Å². The van der Waals surface area contributed by atoms with Crippen molar-refractivity contribution in [1.82, 2.24) is 19.7 Å². The molecule has 6 rings (SSSR count). The zero-order chi connectivity index (χ0) is 28.9. The number of piperazine rings is 1. The second-order valence-corrected chi connectivity index (χ2v) is 10.9. The lowest BCUT2D eigenvalue weighted by Gasteiger charge is -2.42. The van der Waals surface area contributed by atoms with Crippen LogP contribution in [0.5, 0.6) is 5.75 Å². The number of hydrogen-bond acceptors (Lipinski definition) is 5. The topological polar surface area (TPSA) is 66.0 Å². The molecule has 2 aliphatic heterocycles. The first kappa shape index (κ1) is 27.7. The lowest BCUT2D eigenvalue weighted by Crippen LogP contribution is -2.54. The number of likely N-dealkylation sites (tertiary alicyclic amines) is 1. The molecular weight excluding hydrogens is 524 g/mol. The van der Waals surface area contributed by atoms with Crippen LogP contribution in [0, 0.1) is 0 Å². The Morgan fingerprint density at radius 3 is 1.67 bits per heavy atom. The van der Waals surface area contributed by atoms with Crippen LogP contribution in [-0.2, 0) is 0 Å². The van der Waals surface area contributed by atoms with E-state index < -0.39 is 0 Å². The van der Waals surface area contributed by atoms with Crippen molar-refractivity contribution < 1.29 is 14.3 Å². The number of carbonyl (C=O) groups excluding carboxylic acids is 2. The van der Waals surface area contributed by atoms with Crippen LogP contribution >= 0.6 is 0 Å². The van der Waals surface area contributed by atoms with Gasteiger partial charge in [-0.25, -0.2) is 4.98 Å². The molecule has 214 valence electrons. The van der Waals surface area contributed by atoms with E-state index in [0.717, 1.165) is 67.3 Å². The van der Waals surface area contributed by atoms with Gasteiger partial charge in [0.2, 0.25) is 0 Å². The summed E-state index contributed by atoms with van der Waals surface area (Å²) in [5, 5.41) is 0. The molecule has 1 aromatic heterocycles. The Kier molecular flexibility index (Phi) is 8.28. The van der Waals surface area contributed by atoms with Gasteiger partial charge >= 0.3 is 0 Å². The Morgan fingerprint density at radius 1 is 0.643 bits per heavy atom. The molecule has 4 aromatic rings. The minimum absolute atomic E-state index is 0.0475. The first-order valence-electron chi connectivity index (χ1n) is 14.7. The highest BCUT2D eigenvalue weighted by atomic mass is 16.5. The molecule has 42 heavy (non-hydrogen) atoms. The van der Waals surface area contributed by atoms with Gasteiger partial charge in [0.15, 0.2) is 0 Å². The average Bonchev–Trinajstić information content (AvgIpc) is 3.08. The maximum absolute atomic E-state index is 13.8. The second kappa shape index (κ2) is 12.6. The number of piperidine rings is 1. The standard InChI is InChI=1S/C35H36N4O3/c1-42-31-14-12-28(13-15-31)34(40)38-18-16-30(17-19-38)37-20-22-39(23-21-37)35(41)29-24-32(26-8-4-2-5-9-26)36-33(25-29)27-10-6-3-7-11-27/h2-15,24-25,30H,16-23H2,1H3. The van der Waals surface area contributed by atoms with E-state index in [0.29, 0.717) is 30.3 Å². The number of carbonyl (C=O) groups is 2. The molecule has 0 aliphatic carbocycles. The van der Waals surface area contributed by atoms with Crippen LogP contribution in [-0.4, -0.2) is 83.9 Å². The highest BCUT2D eigenvalue weighted by Gasteiger charge is 2.31. The van der Waals surface area contributed by atoms with Gasteiger partial charge in [0.25, 0.3) is 11.8 Å². The van der Waals surface area contributed by atoms with Gasteiger partial charge in [0.05, 0.1) is 18.5 Å². The number of amides is 2. The maximum atomic E-state index is 13.8. The number of methoxy groups -OCH3 is 1. The van der Waals surface area contributed by atoms with E-state index in [1.165, 1.54) is 0 Å². The fourth-order valence-electron chi connectivity index (χ4n) is 5.99. The summed E-state index contributed by atoms with van der Waals surface area (Å²) in [5.74, 6) is 0.875. The highest BCUT2D eigenvalue weighted by Crippen LogP contribution is 2.27. The van der Waals surface area contributed by atoms with E-state index in [4.69, 9.17) is 9.72 Å². The lowest BCUT2D eigenvalue weighted by atomic mass is 10.0. The van der Waals surface area contributed by atoms with Crippen molar-refractivity contribution in [2.24, 2.45) is 0 Å². The maximum Gasteiger partial charge on any atom is 0.254 e. The number of nitrogens with zero attached hydrogens (tertiary/aromatic N) is 4. The van der Waals surface area contributed by atoms with Crippen molar-refractivity contribution >= 4 is 11.8 Å². The normalized spacial score (nSPS) is 16.3. The van der Waals surface area contributed by atoms with Crippen LogP contribution in [0.4, 0.5) is 0 Å². The molecule has 2 fully saturated rings. The van der Waals surface area contributed by atoms with E-state index in [9.17, 15) is 9.59 Å². The van der Waals surface area contributed by atoms with Crippen LogP contribution < -0.4 is 4.74 Å². The first-order chi connectivity index (χ1) is 20.6. The van der Waals surface area contributed by atoms with Crippen molar-refractivity contribution in [2.45, 2.75) is 18.9 Å². The van der Waals surface area contributed by atoms with E-state index in [2.05, 4.69) is 4.90 Å². The molecule has 0 bridgehead atoms. The molecule has 0 atom stereocenters. The fraction of sp³-hybridized carbons (Fsp3) is 0.286. The number of ether oxygens (including phenoxy) is 1. The summed E-state index contributed by atoms with van der Waals surface area (Å²) >= 11 is 0. The molecule has 7 nitrogen and oxygen atoms in total. The summed E-state index contributed by atoms with van der Waals surface area (Å²) in [7, 11) is 1.63. The molecule has 3 aromatic carbocycles. The molecule has 0 N–H and O–H groups in total. The van der Waals surface area contributed by atoms with Gasteiger partial charge in [0, 0.05) is 67.6 Å². The Balaban J connectivity index is 1.09. The number of benzene rings is 3. The summed E-state index contributed by atoms with van der Waals surface area (Å²) in [4.78, 5) is 38.1. The van der Waals surface area contributed by atoms with Gasteiger partial charge in [-0.3, -0.25) is 14.5 Å². The van der Waals surface area contributed by atoms with Crippen molar-refractivity contribution in [3.63, 3.8) is 0 Å². The molecule has 0 unspecified atom stereocenters. The van der Waals surface area contributed by atoms with Gasteiger partial charge in [-0.1, -0.05) is 60.7 Å². The van der Waals surface area contributed by atoms with Gasteiger partial charge in [-0.15, -0.1) is 0 Å². The summed E-state index contributed by atoms with van der Waals surface area (Å²) in [5.41, 5.74) is 4.95. The van der Waals surface area contributed by atoms with Crippen molar-refractivity contribution in [3.8, 4) is 28.3 Å². The molecule has 2 aliphatic rings. The molecule has 0 saturated carbocycles. The van der Waals surface area contributed by atoms with Crippen LogP contribution in [0.25, 0.3) is 22.5 Å². The molecule has 2 saturated heterocycles. The Hall–Kier alpha value is -4.49. The predicted octanol–water partition coefficient (Wildman–Crippen LogP) is 5.49. The van der Waals surface area contributed by atoms with E-state index in [1.807, 2.05) is 107 Å². The molecule has 2 amide bonds. The number of pyridine rings is 1. The molecule has 3 heterocycles. The Morgan fingerprint density at radius 2 is 1.14 bits per heavy atom. The monoisotopic (exact) mass is 560 g/mol. The van der Waals surface area contributed by atoms with Crippen LogP contribution in [0.2, 0.25) is 0 Å². The van der Waals surface area contributed by atoms with Gasteiger partial charge < -0.3 is 14.5 Å². The third-order valence-electron chi connectivity index (χ3n) is 8.42. The first-order valence-corrected chi connectivity index (χ1v) is 14.7.